The molecule has 0 aromatic carbocycles. The Bertz CT molecular complexity index is 258. The molecule has 0 radical (unpaired) electrons. The van der Waals surface area contributed by atoms with Crippen LogP contribution in [-0.2, 0) is 9.53 Å². The highest BCUT2D eigenvalue weighted by atomic mass is 16.6. The van der Waals surface area contributed by atoms with E-state index in [0.717, 1.165) is 5.57 Å². The summed E-state index contributed by atoms with van der Waals surface area (Å²) in [5.74, 6) is -1.14. The van der Waals surface area contributed by atoms with Gasteiger partial charge in [-0.2, -0.15) is 0 Å². The average Bonchev–Trinajstić information content (AvgIpc) is 2.48. The number of carbonyl (C=O) groups is 1. The maximum atomic E-state index is 10.8. The molecular formula is C9H12O4. The van der Waals surface area contributed by atoms with Crippen molar-refractivity contribution in [1.29, 1.82) is 0 Å². The van der Waals surface area contributed by atoms with Crippen molar-refractivity contribution in [2.45, 2.75) is 19.1 Å². The highest BCUT2D eigenvalue weighted by molar-refractivity contribution is 5.72. The summed E-state index contributed by atoms with van der Waals surface area (Å²) in [5.41, 5.74) is 0.763. The van der Waals surface area contributed by atoms with Crippen molar-refractivity contribution < 1.29 is 19.7 Å². The van der Waals surface area contributed by atoms with E-state index in [1.54, 1.807) is 6.08 Å². The number of ether oxygens (including phenoxy) is 1. The Morgan fingerprint density at radius 1 is 1.62 bits per heavy atom. The molecule has 0 aromatic heterocycles. The lowest BCUT2D eigenvalue weighted by Crippen LogP contribution is -2.32. The minimum absolute atomic E-state index is 0.0127. The Labute approximate surface area is 75.8 Å². The van der Waals surface area contributed by atoms with Gasteiger partial charge >= 0.3 is 5.97 Å². The quantitative estimate of drug-likeness (QED) is 0.578. The van der Waals surface area contributed by atoms with Crippen LogP contribution in [0.4, 0.5) is 0 Å². The Morgan fingerprint density at radius 3 is 3.08 bits per heavy atom. The van der Waals surface area contributed by atoms with Gasteiger partial charge in [-0.25, -0.2) is 0 Å². The second-order valence-corrected chi connectivity index (χ2v) is 3.50. The molecule has 0 amide bonds. The van der Waals surface area contributed by atoms with Gasteiger partial charge in [-0.15, -0.1) is 0 Å². The van der Waals surface area contributed by atoms with Crippen molar-refractivity contribution in [2.24, 2.45) is 11.8 Å². The van der Waals surface area contributed by atoms with Gasteiger partial charge in [0.15, 0.2) is 6.29 Å². The molecule has 0 spiro atoms. The summed E-state index contributed by atoms with van der Waals surface area (Å²) in [4.78, 5) is 10.8. The number of fused-ring (bicyclic) bond motifs is 1. The fraction of sp³-hybridized carbons (Fsp3) is 0.667. The average molecular weight is 184 g/mol. The van der Waals surface area contributed by atoms with Crippen LogP contribution in [0.15, 0.2) is 11.6 Å². The molecule has 3 atom stereocenters. The first kappa shape index (κ1) is 8.72. The van der Waals surface area contributed by atoms with E-state index in [-0.39, 0.29) is 11.8 Å². The molecular weight excluding hydrogens is 172 g/mol. The monoisotopic (exact) mass is 184 g/mol. The largest absolute Gasteiger partial charge is 0.481 e. The minimum Gasteiger partial charge on any atom is -0.481 e. The molecule has 1 saturated heterocycles. The Hall–Kier alpha value is -0.870. The lowest BCUT2D eigenvalue weighted by Gasteiger charge is -2.28. The number of allylic oxidation sites excluding steroid dienone is 1. The van der Waals surface area contributed by atoms with Crippen LogP contribution in [0, 0.1) is 11.8 Å². The van der Waals surface area contributed by atoms with Crippen LogP contribution < -0.4 is 0 Å². The number of hydrogen-bond donors (Lipinski definition) is 2. The maximum absolute atomic E-state index is 10.8. The van der Waals surface area contributed by atoms with Crippen LogP contribution >= 0.6 is 0 Å². The van der Waals surface area contributed by atoms with Gasteiger partial charge in [-0.05, 0) is 18.4 Å². The zero-order valence-electron chi connectivity index (χ0n) is 7.14. The Balaban J connectivity index is 2.16. The molecule has 0 aromatic rings. The van der Waals surface area contributed by atoms with Crippen molar-refractivity contribution in [3.8, 4) is 0 Å². The number of carboxylic acids is 1. The second-order valence-electron chi connectivity index (χ2n) is 3.50. The second kappa shape index (κ2) is 3.12. The first-order chi connectivity index (χ1) is 6.20. The molecule has 1 fully saturated rings. The highest BCUT2D eigenvalue weighted by Gasteiger charge is 2.39. The first-order valence-corrected chi connectivity index (χ1v) is 4.42. The third kappa shape index (κ3) is 1.36. The number of hydrogen-bond acceptors (Lipinski definition) is 3. The van der Waals surface area contributed by atoms with Gasteiger partial charge in [0.05, 0.1) is 12.5 Å². The molecule has 4 heteroatoms. The van der Waals surface area contributed by atoms with Crippen LogP contribution in [0.2, 0.25) is 0 Å². The molecule has 1 aliphatic carbocycles. The van der Waals surface area contributed by atoms with Crippen molar-refractivity contribution in [1.82, 2.24) is 0 Å². The Morgan fingerprint density at radius 2 is 2.38 bits per heavy atom. The van der Waals surface area contributed by atoms with Gasteiger partial charge in [-0.3, -0.25) is 4.79 Å². The van der Waals surface area contributed by atoms with Crippen LogP contribution in [0.3, 0.4) is 0 Å². The molecule has 2 N–H and O–H groups in total. The topological polar surface area (TPSA) is 66.8 Å². The van der Waals surface area contributed by atoms with Crippen molar-refractivity contribution in [3.05, 3.63) is 11.6 Å². The number of aliphatic hydroxyl groups is 1. The lowest BCUT2D eigenvalue weighted by molar-refractivity contribution is -0.145. The smallest absolute Gasteiger partial charge is 0.307 e. The standard InChI is InChI=1S/C9H12O4/c10-8(11)6-1-2-7-5(6)3-4-13-9(7)12/h2,5-6,9,12H,1,3-4H2,(H,10,11). The van der Waals surface area contributed by atoms with E-state index >= 15 is 0 Å². The zero-order valence-corrected chi connectivity index (χ0v) is 7.14. The van der Waals surface area contributed by atoms with E-state index in [9.17, 15) is 9.90 Å². The highest BCUT2D eigenvalue weighted by Crippen LogP contribution is 2.39. The minimum atomic E-state index is -0.872. The van der Waals surface area contributed by atoms with Crippen molar-refractivity contribution in [2.75, 3.05) is 6.61 Å². The third-order valence-corrected chi connectivity index (χ3v) is 2.83. The molecule has 0 bridgehead atoms. The van der Waals surface area contributed by atoms with Crippen LogP contribution in [0.1, 0.15) is 12.8 Å². The summed E-state index contributed by atoms with van der Waals surface area (Å²) in [6.45, 7) is 0.451. The zero-order chi connectivity index (χ0) is 9.42. The van der Waals surface area contributed by atoms with Gasteiger partial charge in [-0.1, -0.05) is 6.08 Å². The molecule has 1 aliphatic heterocycles. The maximum Gasteiger partial charge on any atom is 0.307 e. The summed E-state index contributed by atoms with van der Waals surface area (Å²) in [6, 6.07) is 0. The van der Waals surface area contributed by atoms with Crippen molar-refractivity contribution in [3.63, 3.8) is 0 Å². The molecule has 2 rings (SSSR count). The first-order valence-electron chi connectivity index (χ1n) is 4.42. The normalized spacial score (nSPS) is 38.2. The van der Waals surface area contributed by atoms with E-state index < -0.39 is 12.3 Å². The molecule has 13 heavy (non-hydrogen) atoms. The number of aliphatic hydroxyl groups excluding tert-OH is 1. The van der Waals surface area contributed by atoms with E-state index in [2.05, 4.69) is 0 Å². The predicted molar refractivity (Wildman–Crippen MR) is 43.9 cm³/mol. The summed E-state index contributed by atoms with van der Waals surface area (Å²) >= 11 is 0. The van der Waals surface area contributed by atoms with Crippen LogP contribution in [-0.4, -0.2) is 29.1 Å². The fourth-order valence-corrected chi connectivity index (χ4v) is 2.14. The van der Waals surface area contributed by atoms with Gasteiger partial charge in [0.25, 0.3) is 0 Å². The summed E-state index contributed by atoms with van der Waals surface area (Å²) in [6.07, 6.45) is 2.16. The molecule has 3 unspecified atom stereocenters. The third-order valence-electron chi connectivity index (χ3n) is 2.83. The van der Waals surface area contributed by atoms with Crippen LogP contribution in [0.25, 0.3) is 0 Å². The molecule has 1 heterocycles. The van der Waals surface area contributed by atoms with Gasteiger partial charge in [0, 0.05) is 5.92 Å². The Kier molecular flexibility index (Phi) is 2.09. The van der Waals surface area contributed by atoms with E-state index in [1.807, 2.05) is 0 Å². The summed E-state index contributed by atoms with van der Waals surface area (Å²) in [7, 11) is 0. The van der Waals surface area contributed by atoms with Gasteiger partial charge in [0.2, 0.25) is 0 Å². The summed E-state index contributed by atoms with van der Waals surface area (Å²) < 4.78 is 5.01. The fourth-order valence-electron chi connectivity index (χ4n) is 2.14. The number of aliphatic carboxylic acids is 1. The number of rotatable bonds is 1. The number of carboxylic acid groups (broad SMARTS) is 1. The SMILES string of the molecule is O=C(O)C1CC=C2C(O)OCCC21. The molecule has 0 saturated carbocycles. The van der Waals surface area contributed by atoms with E-state index in [1.165, 1.54) is 0 Å². The van der Waals surface area contributed by atoms with E-state index in [0.29, 0.717) is 19.4 Å². The van der Waals surface area contributed by atoms with Gasteiger partial charge in [0.1, 0.15) is 0 Å². The van der Waals surface area contributed by atoms with E-state index in [4.69, 9.17) is 9.84 Å². The molecule has 4 nitrogen and oxygen atoms in total. The summed E-state index contributed by atoms with van der Waals surface area (Å²) in [5, 5.41) is 18.3. The van der Waals surface area contributed by atoms with Crippen LogP contribution in [0.5, 0.6) is 0 Å². The predicted octanol–water partition coefficient (Wildman–Crippen LogP) is 0.372. The van der Waals surface area contributed by atoms with Gasteiger partial charge < -0.3 is 14.9 Å². The van der Waals surface area contributed by atoms with Crippen molar-refractivity contribution >= 4 is 5.97 Å². The molecule has 72 valence electrons. The molecule has 2 aliphatic rings. The lowest BCUT2D eigenvalue weighted by atomic mass is 9.87.